The minimum atomic E-state index is -3.59. The first-order valence-corrected chi connectivity index (χ1v) is 11.0. The summed E-state index contributed by atoms with van der Waals surface area (Å²) >= 11 is 0. The maximum absolute atomic E-state index is 12.7. The molecule has 0 fully saturated rings. The lowest BCUT2D eigenvalue weighted by Crippen LogP contribution is -2.32. The molecule has 0 spiro atoms. The van der Waals surface area contributed by atoms with Crippen LogP contribution < -0.4 is 4.18 Å². The summed E-state index contributed by atoms with van der Waals surface area (Å²) in [4.78, 5) is 24.6. The summed E-state index contributed by atoms with van der Waals surface area (Å²) in [6.07, 6.45) is 4.02. The van der Waals surface area contributed by atoms with Crippen LogP contribution in [0, 0.1) is 16.0 Å². The van der Waals surface area contributed by atoms with E-state index in [-0.39, 0.29) is 23.3 Å². The third-order valence-corrected chi connectivity index (χ3v) is 4.46. The molecule has 0 aromatic heterocycles. The van der Waals surface area contributed by atoms with Gasteiger partial charge in [0.2, 0.25) is 5.91 Å². The Bertz CT molecular complexity index is 1010. The predicted octanol–water partition coefficient (Wildman–Crippen LogP) is 3.63. The second-order valence-electron chi connectivity index (χ2n) is 7.23. The lowest BCUT2D eigenvalue weighted by Gasteiger charge is -2.23. The number of carbonyl (C=O) groups is 1. The van der Waals surface area contributed by atoms with Crippen molar-refractivity contribution in [3.63, 3.8) is 0 Å². The standard InChI is InChI=1S/C21H24N2O6S/c1-16(2)14-22(15-18-6-11-20(12-7-18)29-30(3,27)28)21(24)13-8-17-4-9-19(10-5-17)23(25)26/h4-13,16H,14-15H2,1-3H3. The van der Waals surface area contributed by atoms with E-state index >= 15 is 0 Å². The SMILES string of the molecule is CC(C)CN(Cc1ccc(OS(C)(=O)=O)cc1)C(=O)C=Cc1ccc([N+](=O)[O-])cc1. The summed E-state index contributed by atoms with van der Waals surface area (Å²) in [5.41, 5.74) is 1.50. The van der Waals surface area contributed by atoms with Crippen molar-refractivity contribution in [2.24, 2.45) is 5.92 Å². The summed E-state index contributed by atoms with van der Waals surface area (Å²) in [6.45, 7) is 4.89. The van der Waals surface area contributed by atoms with Crippen LogP contribution in [0.1, 0.15) is 25.0 Å². The Morgan fingerprint density at radius 3 is 2.23 bits per heavy atom. The monoisotopic (exact) mass is 432 g/mol. The zero-order valence-electron chi connectivity index (χ0n) is 17.0. The first-order valence-electron chi connectivity index (χ1n) is 9.23. The van der Waals surface area contributed by atoms with Crippen LogP contribution in [0.15, 0.2) is 54.6 Å². The zero-order chi connectivity index (χ0) is 22.3. The minimum Gasteiger partial charge on any atom is -0.383 e. The molecule has 2 rings (SSSR count). The van der Waals surface area contributed by atoms with Gasteiger partial charge in [-0.25, -0.2) is 0 Å². The van der Waals surface area contributed by atoms with Crippen LogP contribution in [-0.4, -0.2) is 36.9 Å². The number of hydrogen-bond acceptors (Lipinski definition) is 6. The Labute approximate surface area is 176 Å². The highest BCUT2D eigenvalue weighted by Gasteiger charge is 2.14. The Morgan fingerprint density at radius 2 is 1.73 bits per heavy atom. The van der Waals surface area contributed by atoms with Gasteiger partial charge >= 0.3 is 10.1 Å². The molecule has 30 heavy (non-hydrogen) atoms. The Balaban J connectivity index is 2.10. The molecule has 0 aliphatic heterocycles. The fourth-order valence-electron chi connectivity index (χ4n) is 2.70. The van der Waals surface area contributed by atoms with E-state index in [1.54, 1.807) is 47.4 Å². The molecular weight excluding hydrogens is 408 g/mol. The van der Waals surface area contributed by atoms with Crippen LogP contribution in [0.4, 0.5) is 5.69 Å². The number of carbonyl (C=O) groups excluding carboxylic acids is 1. The van der Waals surface area contributed by atoms with Crippen LogP contribution in [0.5, 0.6) is 5.75 Å². The van der Waals surface area contributed by atoms with Gasteiger partial charge < -0.3 is 9.08 Å². The largest absolute Gasteiger partial charge is 0.383 e. The molecule has 2 aromatic carbocycles. The van der Waals surface area contributed by atoms with Crippen molar-refractivity contribution in [2.45, 2.75) is 20.4 Å². The molecule has 0 unspecified atom stereocenters. The fourth-order valence-corrected chi connectivity index (χ4v) is 3.16. The van der Waals surface area contributed by atoms with Crippen LogP contribution >= 0.6 is 0 Å². The second kappa shape index (κ2) is 10.0. The zero-order valence-corrected chi connectivity index (χ0v) is 17.8. The molecule has 0 aliphatic carbocycles. The smallest absolute Gasteiger partial charge is 0.306 e. The molecule has 0 heterocycles. The van der Waals surface area contributed by atoms with E-state index in [4.69, 9.17) is 4.18 Å². The molecule has 2 aromatic rings. The van der Waals surface area contributed by atoms with Crippen LogP contribution in [-0.2, 0) is 21.5 Å². The maximum atomic E-state index is 12.7. The minimum absolute atomic E-state index is 0.0109. The summed E-state index contributed by atoms with van der Waals surface area (Å²) in [7, 11) is -3.59. The summed E-state index contributed by atoms with van der Waals surface area (Å²) in [5, 5.41) is 10.7. The highest BCUT2D eigenvalue weighted by atomic mass is 32.2. The lowest BCUT2D eigenvalue weighted by molar-refractivity contribution is -0.384. The van der Waals surface area contributed by atoms with E-state index in [9.17, 15) is 23.3 Å². The van der Waals surface area contributed by atoms with Crippen molar-refractivity contribution >= 4 is 27.8 Å². The average molecular weight is 432 g/mol. The van der Waals surface area contributed by atoms with E-state index in [0.29, 0.717) is 18.7 Å². The number of hydrogen-bond donors (Lipinski definition) is 0. The Hall–Kier alpha value is -3.20. The molecule has 9 heteroatoms. The molecule has 160 valence electrons. The summed E-state index contributed by atoms with van der Waals surface area (Å²) in [6, 6.07) is 12.4. The van der Waals surface area contributed by atoms with Crippen LogP contribution in [0.3, 0.4) is 0 Å². The Kier molecular flexibility index (Phi) is 7.71. The number of non-ortho nitro benzene ring substituents is 1. The van der Waals surface area contributed by atoms with Crippen molar-refractivity contribution in [2.75, 3.05) is 12.8 Å². The van der Waals surface area contributed by atoms with E-state index in [1.807, 2.05) is 13.8 Å². The van der Waals surface area contributed by atoms with Gasteiger partial charge in [-0.05, 0) is 47.4 Å². The predicted molar refractivity (Wildman–Crippen MR) is 114 cm³/mol. The maximum Gasteiger partial charge on any atom is 0.306 e. The van der Waals surface area contributed by atoms with E-state index < -0.39 is 15.0 Å². The van der Waals surface area contributed by atoms with E-state index in [0.717, 1.165) is 11.8 Å². The van der Waals surface area contributed by atoms with Gasteiger partial charge in [0, 0.05) is 31.3 Å². The fraction of sp³-hybridized carbons (Fsp3) is 0.286. The molecule has 0 saturated carbocycles. The first-order chi connectivity index (χ1) is 14.0. The van der Waals surface area contributed by atoms with Crippen molar-refractivity contribution in [1.82, 2.24) is 4.90 Å². The molecule has 0 atom stereocenters. The number of nitro groups is 1. The quantitative estimate of drug-likeness (QED) is 0.259. The van der Waals surface area contributed by atoms with Crippen molar-refractivity contribution in [3.8, 4) is 5.75 Å². The van der Waals surface area contributed by atoms with E-state index in [2.05, 4.69) is 0 Å². The number of amides is 1. The lowest BCUT2D eigenvalue weighted by atomic mass is 10.1. The molecule has 8 nitrogen and oxygen atoms in total. The molecule has 0 N–H and O–H groups in total. The highest BCUT2D eigenvalue weighted by molar-refractivity contribution is 7.86. The Morgan fingerprint density at radius 1 is 1.13 bits per heavy atom. The molecule has 0 bridgehead atoms. The highest BCUT2D eigenvalue weighted by Crippen LogP contribution is 2.17. The number of nitrogens with zero attached hydrogens (tertiary/aromatic N) is 2. The van der Waals surface area contributed by atoms with E-state index in [1.165, 1.54) is 18.2 Å². The van der Waals surface area contributed by atoms with Gasteiger partial charge in [-0.2, -0.15) is 8.42 Å². The van der Waals surface area contributed by atoms with Gasteiger partial charge in [-0.3, -0.25) is 14.9 Å². The topological polar surface area (TPSA) is 107 Å². The van der Waals surface area contributed by atoms with Gasteiger partial charge in [0.25, 0.3) is 5.69 Å². The first kappa shape index (κ1) is 23.1. The van der Waals surface area contributed by atoms with Crippen LogP contribution in [0.2, 0.25) is 0 Å². The van der Waals surface area contributed by atoms with Crippen molar-refractivity contribution in [3.05, 3.63) is 75.8 Å². The molecule has 0 saturated heterocycles. The second-order valence-corrected chi connectivity index (χ2v) is 8.80. The number of rotatable bonds is 9. The van der Waals surface area contributed by atoms with Gasteiger partial charge in [0.1, 0.15) is 5.75 Å². The van der Waals surface area contributed by atoms with Crippen LogP contribution in [0.25, 0.3) is 6.08 Å². The summed E-state index contributed by atoms with van der Waals surface area (Å²) in [5.74, 6) is 0.258. The van der Waals surface area contributed by atoms with Gasteiger partial charge in [0.15, 0.2) is 0 Å². The third kappa shape index (κ3) is 7.67. The number of nitro benzene ring substituents is 1. The average Bonchev–Trinajstić information content (AvgIpc) is 2.66. The third-order valence-electron chi connectivity index (χ3n) is 3.96. The van der Waals surface area contributed by atoms with Gasteiger partial charge in [0.05, 0.1) is 11.2 Å². The molecule has 0 aliphatic rings. The summed E-state index contributed by atoms with van der Waals surface area (Å²) < 4.78 is 27.2. The van der Waals surface area contributed by atoms with Crippen molar-refractivity contribution in [1.29, 1.82) is 0 Å². The normalized spacial score (nSPS) is 11.6. The van der Waals surface area contributed by atoms with Gasteiger partial charge in [-0.1, -0.05) is 26.0 Å². The molecule has 1 amide bonds. The van der Waals surface area contributed by atoms with Crippen molar-refractivity contribution < 1.29 is 22.3 Å². The van der Waals surface area contributed by atoms with Gasteiger partial charge in [-0.15, -0.1) is 0 Å². The number of benzene rings is 2. The molecular formula is C21H24N2O6S. The molecule has 0 radical (unpaired) electrons.